The first-order valence-electron chi connectivity index (χ1n) is 11.5. The van der Waals surface area contributed by atoms with E-state index in [-0.39, 0.29) is 18.2 Å². The number of hydrogen-bond acceptors (Lipinski definition) is 5. The minimum Gasteiger partial charge on any atom is -0.493 e. The zero-order valence-corrected chi connectivity index (χ0v) is 21.4. The molecule has 0 bridgehead atoms. The second-order valence-electron chi connectivity index (χ2n) is 8.82. The average molecular weight is 534 g/mol. The molecule has 5 rings (SSSR count). The molecule has 5 nitrogen and oxygen atoms in total. The summed E-state index contributed by atoms with van der Waals surface area (Å²) in [6, 6.07) is 8.70. The molecule has 2 aromatic carbocycles. The Kier molecular flexibility index (Phi) is 6.84. The largest absolute Gasteiger partial charge is 0.493 e. The van der Waals surface area contributed by atoms with Crippen LogP contribution < -0.4 is 9.47 Å². The van der Waals surface area contributed by atoms with Crippen LogP contribution in [0.5, 0.6) is 11.5 Å². The third kappa shape index (κ3) is 4.57. The summed E-state index contributed by atoms with van der Waals surface area (Å²) < 4.78 is 17.7. The first-order chi connectivity index (χ1) is 16.9. The predicted molar refractivity (Wildman–Crippen MR) is 134 cm³/mol. The molecule has 0 radical (unpaired) electrons. The van der Waals surface area contributed by atoms with E-state index >= 15 is 0 Å². The van der Waals surface area contributed by atoms with Crippen molar-refractivity contribution in [1.82, 2.24) is 0 Å². The van der Waals surface area contributed by atoms with E-state index in [1.54, 1.807) is 30.3 Å². The van der Waals surface area contributed by atoms with Gasteiger partial charge < -0.3 is 14.2 Å². The second kappa shape index (κ2) is 9.88. The van der Waals surface area contributed by atoms with Crippen LogP contribution in [-0.2, 0) is 20.9 Å². The van der Waals surface area contributed by atoms with E-state index in [0.717, 1.165) is 18.4 Å². The molecule has 0 aromatic heterocycles. The van der Waals surface area contributed by atoms with Crippen molar-refractivity contribution in [2.75, 3.05) is 7.11 Å². The summed E-state index contributed by atoms with van der Waals surface area (Å²) in [7, 11) is 1.52. The van der Waals surface area contributed by atoms with Crippen LogP contribution in [0.2, 0.25) is 15.1 Å². The van der Waals surface area contributed by atoms with E-state index in [1.165, 1.54) is 7.11 Å². The maximum Gasteiger partial charge on any atom is 0.180 e. The van der Waals surface area contributed by atoms with Gasteiger partial charge in [0.2, 0.25) is 0 Å². The molecule has 0 saturated heterocycles. The normalized spacial score (nSPS) is 18.3. The molecule has 1 aliphatic heterocycles. The predicted octanol–water partition coefficient (Wildman–Crippen LogP) is 7.36. The van der Waals surface area contributed by atoms with Crippen molar-refractivity contribution in [1.29, 1.82) is 0 Å². The fraction of sp³-hybridized carbons (Fsp3) is 0.333. The van der Waals surface area contributed by atoms with Crippen molar-refractivity contribution < 1.29 is 23.8 Å². The molecule has 0 amide bonds. The fourth-order valence-corrected chi connectivity index (χ4v) is 5.72. The number of hydrogen-bond donors (Lipinski definition) is 0. The summed E-state index contributed by atoms with van der Waals surface area (Å²) in [5.74, 6) is 1.59. The maximum absolute atomic E-state index is 13.0. The van der Waals surface area contributed by atoms with Crippen LogP contribution in [-0.4, -0.2) is 18.7 Å². The number of rotatable bonds is 5. The highest BCUT2D eigenvalue weighted by molar-refractivity contribution is 6.35. The molecule has 0 N–H and O–H groups in total. The Bertz CT molecular complexity index is 1250. The molecular weight excluding hydrogens is 511 g/mol. The summed E-state index contributed by atoms with van der Waals surface area (Å²) in [5, 5.41) is 1.33. The Labute approximate surface area is 218 Å². The number of allylic oxidation sites excluding steroid dienone is 4. The number of benzene rings is 2. The Morgan fingerprint density at radius 3 is 2.14 bits per heavy atom. The number of carbonyl (C=O) groups excluding carboxylic acids is 2. The number of halogens is 3. The number of ketones is 2. The van der Waals surface area contributed by atoms with Gasteiger partial charge in [-0.3, -0.25) is 9.59 Å². The number of Topliss-reactive ketones (excluding diaryl/α,β-unsaturated/α-hetero) is 2. The van der Waals surface area contributed by atoms with E-state index in [0.29, 0.717) is 80.5 Å². The minimum atomic E-state index is -0.527. The summed E-state index contributed by atoms with van der Waals surface area (Å²) in [4.78, 5) is 26.1. The summed E-state index contributed by atoms with van der Waals surface area (Å²) in [5.41, 5.74) is 2.57. The molecule has 0 fully saturated rings. The molecule has 8 heteroatoms. The van der Waals surface area contributed by atoms with Crippen LogP contribution >= 0.6 is 34.8 Å². The van der Waals surface area contributed by atoms with Gasteiger partial charge in [0.05, 0.1) is 12.1 Å². The first-order valence-corrected chi connectivity index (χ1v) is 12.6. The molecular formula is C27H23Cl3O5. The maximum atomic E-state index is 13.0. The van der Waals surface area contributed by atoms with Crippen LogP contribution in [0.3, 0.4) is 0 Å². The zero-order chi connectivity index (χ0) is 24.7. The fourth-order valence-electron chi connectivity index (χ4n) is 4.99. The van der Waals surface area contributed by atoms with Crippen molar-refractivity contribution in [3.05, 3.63) is 79.2 Å². The lowest BCUT2D eigenvalue weighted by molar-refractivity contribution is -0.117. The third-order valence-electron chi connectivity index (χ3n) is 6.61. The number of carbonyl (C=O) groups is 2. The van der Waals surface area contributed by atoms with Crippen LogP contribution in [0.1, 0.15) is 55.6 Å². The van der Waals surface area contributed by atoms with Crippen LogP contribution in [0, 0.1) is 0 Å². The Morgan fingerprint density at radius 1 is 0.886 bits per heavy atom. The zero-order valence-electron chi connectivity index (χ0n) is 19.1. The van der Waals surface area contributed by atoms with Gasteiger partial charge in [-0.25, -0.2) is 0 Å². The Hall–Kier alpha value is -2.47. The molecule has 182 valence electrons. The standard InChI is InChI=1S/C27H23Cl3O5/c1-33-23-11-15(10-18(30)27(23)34-13-14-8-9-16(28)12-17(14)29)24-25-19(31)4-2-6-21(25)35-22-7-3-5-20(32)26(22)24/h8-12,24H,2-7,13H2,1H3. The smallest absolute Gasteiger partial charge is 0.180 e. The van der Waals surface area contributed by atoms with Gasteiger partial charge in [-0.05, 0) is 42.7 Å². The van der Waals surface area contributed by atoms with E-state index in [4.69, 9.17) is 49.0 Å². The van der Waals surface area contributed by atoms with E-state index in [9.17, 15) is 9.59 Å². The van der Waals surface area contributed by atoms with Crippen molar-refractivity contribution in [3.63, 3.8) is 0 Å². The average Bonchev–Trinajstić information content (AvgIpc) is 2.83. The van der Waals surface area contributed by atoms with Gasteiger partial charge in [0, 0.05) is 58.4 Å². The van der Waals surface area contributed by atoms with Gasteiger partial charge in [-0.15, -0.1) is 0 Å². The molecule has 3 aliphatic rings. The molecule has 2 aliphatic carbocycles. The molecule has 0 saturated carbocycles. The van der Waals surface area contributed by atoms with E-state index in [1.807, 2.05) is 0 Å². The van der Waals surface area contributed by atoms with Gasteiger partial charge in [0.25, 0.3) is 0 Å². The van der Waals surface area contributed by atoms with Gasteiger partial charge in [0.1, 0.15) is 18.1 Å². The minimum absolute atomic E-state index is 0.00831. The van der Waals surface area contributed by atoms with Crippen molar-refractivity contribution in [2.45, 2.75) is 51.0 Å². The lowest BCUT2D eigenvalue weighted by Crippen LogP contribution is -2.30. The third-order valence-corrected chi connectivity index (χ3v) is 7.48. The van der Waals surface area contributed by atoms with Gasteiger partial charge in [-0.1, -0.05) is 40.9 Å². The molecule has 0 atom stereocenters. The highest BCUT2D eigenvalue weighted by Gasteiger charge is 2.42. The SMILES string of the molecule is COc1cc(C2C3=C(CCCC3=O)OC3=C2C(=O)CCC3)cc(Cl)c1OCc1ccc(Cl)cc1Cl. The van der Waals surface area contributed by atoms with E-state index in [2.05, 4.69) is 0 Å². The van der Waals surface area contributed by atoms with Crippen molar-refractivity contribution in [3.8, 4) is 11.5 Å². The summed E-state index contributed by atoms with van der Waals surface area (Å²) >= 11 is 19.0. The van der Waals surface area contributed by atoms with E-state index < -0.39 is 5.92 Å². The summed E-state index contributed by atoms with van der Waals surface area (Å²) in [6.45, 7) is 0.157. The Balaban J connectivity index is 1.55. The second-order valence-corrected chi connectivity index (χ2v) is 10.1. The Morgan fingerprint density at radius 2 is 1.54 bits per heavy atom. The lowest BCUT2D eigenvalue weighted by Gasteiger charge is -2.36. The summed E-state index contributed by atoms with van der Waals surface area (Å²) in [6.07, 6.45) is 3.70. The number of methoxy groups -OCH3 is 1. The molecule has 0 spiro atoms. The highest BCUT2D eigenvalue weighted by Crippen LogP contribution is 2.50. The molecule has 1 heterocycles. The van der Waals surface area contributed by atoms with Gasteiger partial charge in [-0.2, -0.15) is 0 Å². The first kappa shape index (κ1) is 24.2. The van der Waals surface area contributed by atoms with Crippen LogP contribution in [0.15, 0.2) is 53.0 Å². The highest BCUT2D eigenvalue weighted by atomic mass is 35.5. The monoisotopic (exact) mass is 532 g/mol. The van der Waals surface area contributed by atoms with Gasteiger partial charge in [0.15, 0.2) is 23.1 Å². The molecule has 35 heavy (non-hydrogen) atoms. The van der Waals surface area contributed by atoms with Crippen molar-refractivity contribution >= 4 is 46.4 Å². The quantitative estimate of drug-likeness (QED) is 0.402. The van der Waals surface area contributed by atoms with Crippen molar-refractivity contribution in [2.24, 2.45) is 0 Å². The lowest BCUT2D eigenvalue weighted by atomic mass is 9.73. The topological polar surface area (TPSA) is 61.8 Å². The molecule has 2 aromatic rings. The van der Waals surface area contributed by atoms with Crippen LogP contribution in [0.4, 0.5) is 0 Å². The molecule has 0 unspecified atom stereocenters. The number of ether oxygens (including phenoxy) is 3. The van der Waals surface area contributed by atoms with Crippen LogP contribution in [0.25, 0.3) is 0 Å². The van der Waals surface area contributed by atoms with Gasteiger partial charge >= 0.3 is 0 Å².